The number of aromatic carboxylic acids is 2. The number of para-hydroxylation sites is 2. The van der Waals surface area contributed by atoms with Gasteiger partial charge in [0.25, 0.3) is 0 Å². The molecule has 0 saturated heterocycles. The Hall–Kier alpha value is -3.10. The Morgan fingerprint density at radius 3 is 1.38 bits per heavy atom. The summed E-state index contributed by atoms with van der Waals surface area (Å²) in [7, 11) is 0. The number of benzene rings is 3. The van der Waals surface area contributed by atoms with E-state index in [2.05, 4.69) is 0 Å². The van der Waals surface area contributed by atoms with Crippen LogP contribution in [0.5, 0.6) is 0 Å². The van der Waals surface area contributed by atoms with E-state index in [9.17, 15) is 19.8 Å². The fourth-order valence-electron chi connectivity index (χ4n) is 3.81. The van der Waals surface area contributed by atoms with Crippen molar-refractivity contribution in [2.45, 2.75) is 47.0 Å². The molecule has 34 heavy (non-hydrogen) atoms. The zero-order valence-corrected chi connectivity index (χ0v) is 20.6. The summed E-state index contributed by atoms with van der Waals surface area (Å²) in [4.78, 5) is 25.7. The zero-order valence-electron chi connectivity index (χ0n) is 18.9. The van der Waals surface area contributed by atoms with Crippen molar-refractivity contribution in [1.29, 1.82) is 0 Å². The molecule has 4 N–H and O–H groups in total. The number of anilines is 2. The Bertz CT molecular complexity index is 1110. The molecule has 3 aromatic rings. The van der Waals surface area contributed by atoms with Crippen LogP contribution in [0, 0.1) is 0 Å². The number of carboxylic acid groups (broad SMARTS) is 2. The van der Waals surface area contributed by atoms with E-state index in [1.165, 1.54) is 35.7 Å². The molecule has 2 unspecified atom stereocenters. The Morgan fingerprint density at radius 2 is 1.06 bits per heavy atom. The minimum atomic E-state index is -1.34. The second-order valence-electron chi connectivity index (χ2n) is 8.03. The van der Waals surface area contributed by atoms with Crippen LogP contribution in [-0.2, 0) is 12.8 Å². The highest BCUT2D eigenvalue weighted by atomic mass is 32.2. The van der Waals surface area contributed by atoms with Crippen molar-refractivity contribution >= 4 is 46.8 Å². The quantitative estimate of drug-likeness (QED) is 0.325. The van der Waals surface area contributed by atoms with Crippen LogP contribution < -0.4 is 21.7 Å². The van der Waals surface area contributed by atoms with Gasteiger partial charge in [-0.15, -0.1) is 23.5 Å². The average Bonchev–Trinajstić information content (AvgIpc) is 2.77. The molecule has 0 aliphatic carbocycles. The van der Waals surface area contributed by atoms with Crippen molar-refractivity contribution in [3.8, 4) is 0 Å². The smallest absolute Gasteiger partial charge is 0.0718 e. The van der Waals surface area contributed by atoms with Crippen molar-refractivity contribution in [1.82, 2.24) is 0 Å². The predicted molar refractivity (Wildman–Crippen MR) is 135 cm³/mol. The van der Waals surface area contributed by atoms with Gasteiger partial charge in [0.1, 0.15) is 0 Å². The standard InChI is InChI=1S/C26H28N2O4S2/c1-15(33-23-9-5-3-7-21(23)27)13-19-17(25(29)30)11-12-18(26(31)32)20(19)14-16(2)34-24-10-6-4-8-22(24)28/h3-12,15-16H,13-14,27-28H2,1-2H3,(H,29,30)(H,31,32)/p-2. The maximum Gasteiger partial charge on any atom is 0.0718 e. The first-order chi connectivity index (χ1) is 16.2. The van der Waals surface area contributed by atoms with Gasteiger partial charge in [0, 0.05) is 42.8 Å². The van der Waals surface area contributed by atoms with E-state index >= 15 is 0 Å². The molecule has 2 atom stereocenters. The van der Waals surface area contributed by atoms with Crippen LogP contribution in [0.25, 0.3) is 0 Å². The molecule has 0 heterocycles. The first-order valence-electron chi connectivity index (χ1n) is 10.8. The molecule has 0 saturated carbocycles. The number of nitrogens with two attached hydrogens (primary N) is 2. The van der Waals surface area contributed by atoms with Crippen molar-refractivity contribution in [2.75, 3.05) is 11.5 Å². The van der Waals surface area contributed by atoms with E-state index in [-0.39, 0.29) is 21.6 Å². The van der Waals surface area contributed by atoms with Crippen molar-refractivity contribution < 1.29 is 19.8 Å². The normalized spacial score (nSPS) is 12.8. The van der Waals surface area contributed by atoms with Crippen LogP contribution in [0.15, 0.2) is 70.5 Å². The molecule has 0 fully saturated rings. The van der Waals surface area contributed by atoms with Gasteiger partial charge >= 0.3 is 0 Å². The van der Waals surface area contributed by atoms with E-state index in [4.69, 9.17) is 11.5 Å². The number of hydrogen-bond donors (Lipinski definition) is 2. The van der Waals surface area contributed by atoms with E-state index in [1.807, 2.05) is 50.2 Å². The molecule has 0 aliphatic rings. The van der Waals surface area contributed by atoms with Crippen LogP contribution in [-0.4, -0.2) is 22.4 Å². The Morgan fingerprint density at radius 1 is 0.706 bits per heavy atom. The number of carboxylic acids is 2. The van der Waals surface area contributed by atoms with Crippen LogP contribution in [0.4, 0.5) is 11.4 Å². The van der Waals surface area contributed by atoms with Crippen LogP contribution in [0.2, 0.25) is 0 Å². The van der Waals surface area contributed by atoms with Crippen LogP contribution in [0.1, 0.15) is 45.7 Å². The third kappa shape index (κ3) is 6.27. The highest BCUT2D eigenvalue weighted by molar-refractivity contribution is 8.00. The Kier molecular flexibility index (Phi) is 8.52. The number of carbonyl (C=O) groups excluding carboxylic acids is 2. The topological polar surface area (TPSA) is 132 Å². The molecule has 0 bridgehead atoms. The van der Waals surface area contributed by atoms with Gasteiger partial charge in [-0.1, -0.05) is 50.2 Å². The maximum atomic E-state index is 11.9. The minimum absolute atomic E-state index is 0.00934. The highest BCUT2D eigenvalue weighted by Gasteiger charge is 2.21. The van der Waals surface area contributed by atoms with Gasteiger partial charge in [0.05, 0.1) is 11.9 Å². The number of rotatable bonds is 10. The van der Waals surface area contributed by atoms with Gasteiger partial charge in [-0.3, -0.25) is 0 Å². The second kappa shape index (κ2) is 11.4. The van der Waals surface area contributed by atoms with Gasteiger partial charge in [-0.05, 0) is 48.2 Å². The molecule has 6 nitrogen and oxygen atoms in total. The molecule has 0 amide bonds. The molecule has 178 valence electrons. The number of hydrogen-bond acceptors (Lipinski definition) is 8. The maximum absolute atomic E-state index is 11.9. The lowest BCUT2D eigenvalue weighted by Gasteiger charge is -2.24. The zero-order chi connectivity index (χ0) is 24.8. The van der Waals surface area contributed by atoms with Crippen LogP contribution in [0.3, 0.4) is 0 Å². The molecule has 3 aromatic carbocycles. The van der Waals surface area contributed by atoms with Crippen molar-refractivity contribution in [3.63, 3.8) is 0 Å². The second-order valence-corrected chi connectivity index (χ2v) is 11.0. The predicted octanol–water partition coefficient (Wildman–Crippen LogP) is 3.02. The third-order valence-corrected chi connectivity index (χ3v) is 7.74. The molecule has 0 aromatic heterocycles. The SMILES string of the molecule is CC(Cc1c(C(=O)[O-])ccc(C(=O)[O-])c1CC(C)Sc1ccccc1N)Sc1ccccc1N. The molecule has 8 heteroatoms. The minimum Gasteiger partial charge on any atom is -0.545 e. The summed E-state index contributed by atoms with van der Waals surface area (Å²) in [5.74, 6) is -2.68. The lowest BCUT2D eigenvalue weighted by molar-refractivity contribution is -0.256. The van der Waals surface area contributed by atoms with Gasteiger partial charge in [-0.25, -0.2) is 0 Å². The summed E-state index contributed by atoms with van der Waals surface area (Å²) >= 11 is 3.02. The third-order valence-electron chi connectivity index (χ3n) is 5.35. The molecule has 3 rings (SSSR count). The Labute approximate surface area is 207 Å². The number of carbonyl (C=O) groups is 2. The van der Waals surface area contributed by atoms with Crippen molar-refractivity contribution in [3.05, 3.63) is 82.9 Å². The average molecular weight is 495 g/mol. The molecule has 0 radical (unpaired) electrons. The number of nitrogen functional groups attached to an aromatic ring is 2. The van der Waals surface area contributed by atoms with Gasteiger partial charge in [0.2, 0.25) is 0 Å². The van der Waals surface area contributed by atoms with Gasteiger partial charge < -0.3 is 31.3 Å². The summed E-state index contributed by atoms with van der Waals surface area (Å²) in [5, 5.41) is 23.7. The first-order valence-corrected chi connectivity index (χ1v) is 12.5. The van der Waals surface area contributed by atoms with Crippen LogP contribution >= 0.6 is 23.5 Å². The number of thioether (sulfide) groups is 2. The summed E-state index contributed by atoms with van der Waals surface area (Å²) in [5.41, 5.74) is 14.3. The lowest BCUT2D eigenvalue weighted by Crippen LogP contribution is -2.29. The molecule has 0 aliphatic heterocycles. The summed E-state index contributed by atoms with van der Waals surface area (Å²) in [6, 6.07) is 17.4. The highest BCUT2D eigenvalue weighted by Crippen LogP contribution is 2.35. The van der Waals surface area contributed by atoms with E-state index < -0.39 is 11.9 Å². The van der Waals surface area contributed by atoms with Crippen molar-refractivity contribution in [2.24, 2.45) is 0 Å². The molecular weight excluding hydrogens is 468 g/mol. The van der Waals surface area contributed by atoms with E-state index in [1.54, 1.807) is 12.1 Å². The molecular formula is C26H26N2O4S2-2. The summed E-state index contributed by atoms with van der Waals surface area (Å²) < 4.78 is 0. The van der Waals surface area contributed by atoms with E-state index in [0.29, 0.717) is 35.3 Å². The lowest BCUT2D eigenvalue weighted by atomic mass is 9.90. The summed E-state index contributed by atoms with van der Waals surface area (Å²) in [6.07, 6.45) is 0.646. The fraction of sp³-hybridized carbons (Fsp3) is 0.231. The molecule has 0 spiro atoms. The largest absolute Gasteiger partial charge is 0.545 e. The van der Waals surface area contributed by atoms with E-state index in [0.717, 1.165) is 9.79 Å². The fourth-order valence-corrected chi connectivity index (χ4v) is 5.90. The van der Waals surface area contributed by atoms with Gasteiger partial charge in [0.15, 0.2) is 0 Å². The summed E-state index contributed by atoms with van der Waals surface area (Å²) in [6.45, 7) is 3.91. The monoisotopic (exact) mass is 494 g/mol. The first kappa shape index (κ1) is 25.5. The van der Waals surface area contributed by atoms with Gasteiger partial charge in [-0.2, -0.15) is 0 Å². The Balaban J connectivity index is 1.96.